The van der Waals surface area contributed by atoms with Crippen molar-refractivity contribution in [3.8, 4) is 0 Å². The lowest BCUT2D eigenvalue weighted by Crippen LogP contribution is -2.47. The van der Waals surface area contributed by atoms with E-state index >= 15 is 0 Å². The Hall–Kier alpha value is -0.870. The summed E-state index contributed by atoms with van der Waals surface area (Å²) in [4.78, 5) is 11.5. The van der Waals surface area contributed by atoms with Crippen LogP contribution in [0.4, 0.5) is 0 Å². The molecule has 1 amide bonds. The fourth-order valence-corrected chi connectivity index (χ4v) is 1.97. The standard InChI is InChI=1S/C10H11BrN2O/c11-8-3-1-2-7(6-8)9-10(14)13-5-4-12-9/h1-3,6,9,12H,4-5H2,(H,13,14)/t9-/m1/s1. The Morgan fingerprint density at radius 3 is 2.93 bits per heavy atom. The van der Waals surface area contributed by atoms with Crippen LogP contribution in [0, 0.1) is 0 Å². The lowest BCUT2D eigenvalue weighted by molar-refractivity contribution is -0.124. The van der Waals surface area contributed by atoms with Crippen LogP contribution in [-0.4, -0.2) is 19.0 Å². The van der Waals surface area contributed by atoms with Crippen LogP contribution in [0.3, 0.4) is 0 Å². The monoisotopic (exact) mass is 254 g/mol. The van der Waals surface area contributed by atoms with Gasteiger partial charge in [-0.05, 0) is 17.7 Å². The van der Waals surface area contributed by atoms with Crippen LogP contribution >= 0.6 is 15.9 Å². The summed E-state index contributed by atoms with van der Waals surface area (Å²) >= 11 is 3.39. The van der Waals surface area contributed by atoms with E-state index in [1.54, 1.807) is 0 Å². The highest BCUT2D eigenvalue weighted by Crippen LogP contribution is 2.19. The van der Waals surface area contributed by atoms with Gasteiger partial charge in [0.15, 0.2) is 0 Å². The van der Waals surface area contributed by atoms with Gasteiger partial charge in [-0.15, -0.1) is 0 Å². The highest BCUT2D eigenvalue weighted by Gasteiger charge is 2.22. The molecule has 1 saturated heterocycles. The van der Waals surface area contributed by atoms with Gasteiger partial charge in [-0.3, -0.25) is 4.79 Å². The average Bonchev–Trinajstić information content (AvgIpc) is 2.18. The van der Waals surface area contributed by atoms with E-state index in [2.05, 4.69) is 26.6 Å². The Morgan fingerprint density at radius 2 is 2.21 bits per heavy atom. The molecule has 0 radical (unpaired) electrons. The van der Waals surface area contributed by atoms with E-state index in [0.717, 1.165) is 16.6 Å². The van der Waals surface area contributed by atoms with Gasteiger partial charge in [0.1, 0.15) is 6.04 Å². The molecule has 1 aromatic carbocycles. The predicted octanol–water partition coefficient (Wildman–Crippen LogP) is 1.21. The number of piperazine rings is 1. The number of hydrogen-bond donors (Lipinski definition) is 2. The van der Waals surface area contributed by atoms with Crippen LogP contribution in [-0.2, 0) is 4.79 Å². The Morgan fingerprint density at radius 1 is 1.36 bits per heavy atom. The van der Waals surface area contributed by atoms with E-state index < -0.39 is 0 Å². The minimum atomic E-state index is -0.207. The third-order valence-corrected chi connectivity index (χ3v) is 2.71. The Balaban J connectivity index is 2.24. The number of nitrogens with one attached hydrogen (secondary N) is 2. The normalized spacial score (nSPS) is 21.8. The van der Waals surface area contributed by atoms with Crippen molar-refractivity contribution in [1.29, 1.82) is 0 Å². The minimum Gasteiger partial charge on any atom is -0.353 e. The fourth-order valence-electron chi connectivity index (χ4n) is 1.55. The summed E-state index contributed by atoms with van der Waals surface area (Å²) in [5.74, 6) is 0.0503. The largest absolute Gasteiger partial charge is 0.353 e. The minimum absolute atomic E-state index is 0.0503. The maximum Gasteiger partial charge on any atom is 0.241 e. The van der Waals surface area contributed by atoms with E-state index in [9.17, 15) is 4.79 Å². The number of carbonyl (C=O) groups excluding carboxylic acids is 1. The van der Waals surface area contributed by atoms with Crippen molar-refractivity contribution in [2.75, 3.05) is 13.1 Å². The maximum atomic E-state index is 11.5. The number of amides is 1. The number of rotatable bonds is 1. The molecule has 0 unspecified atom stereocenters. The third kappa shape index (κ3) is 1.96. The molecule has 1 atom stereocenters. The van der Waals surface area contributed by atoms with Gasteiger partial charge in [0.2, 0.25) is 5.91 Å². The van der Waals surface area contributed by atoms with Crippen molar-refractivity contribution in [3.05, 3.63) is 34.3 Å². The lowest BCUT2D eigenvalue weighted by Gasteiger charge is -2.23. The topological polar surface area (TPSA) is 41.1 Å². The van der Waals surface area contributed by atoms with Gasteiger partial charge in [0.05, 0.1) is 0 Å². The second kappa shape index (κ2) is 4.11. The van der Waals surface area contributed by atoms with Crippen molar-refractivity contribution >= 4 is 21.8 Å². The quantitative estimate of drug-likeness (QED) is 0.792. The molecule has 2 N–H and O–H groups in total. The summed E-state index contributed by atoms with van der Waals surface area (Å²) in [5.41, 5.74) is 0.997. The first kappa shape index (κ1) is 9.68. The summed E-state index contributed by atoms with van der Waals surface area (Å²) in [6, 6.07) is 7.59. The van der Waals surface area contributed by atoms with Crippen LogP contribution in [0.1, 0.15) is 11.6 Å². The van der Waals surface area contributed by atoms with Crippen molar-refractivity contribution in [1.82, 2.24) is 10.6 Å². The summed E-state index contributed by atoms with van der Waals surface area (Å²) in [7, 11) is 0. The van der Waals surface area contributed by atoms with Gasteiger partial charge < -0.3 is 10.6 Å². The SMILES string of the molecule is O=C1NCCN[C@@H]1c1cccc(Br)c1. The Bertz CT molecular complexity index is 354. The van der Waals surface area contributed by atoms with E-state index in [1.165, 1.54) is 0 Å². The summed E-state index contributed by atoms with van der Waals surface area (Å²) < 4.78 is 0.996. The molecule has 14 heavy (non-hydrogen) atoms. The smallest absolute Gasteiger partial charge is 0.241 e. The first-order valence-corrected chi connectivity index (χ1v) is 5.33. The van der Waals surface area contributed by atoms with Crippen molar-refractivity contribution in [3.63, 3.8) is 0 Å². The molecule has 2 rings (SSSR count). The molecule has 0 spiro atoms. The molecule has 4 heteroatoms. The van der Waals surface area contributed by atoms with Gasteiger partial charge >= 0.3 is 0 Å². The summed E-state index contributed by atoms with van der Waals surface area (Å²) in [5, 5.41) is 6.01. The predicted molar refractivity (Wildman–Crippen MR) is 57.9 cm³/mol. The first-order valence-electron chi connectivity index (χ1n) is 4.54. The summed E-state index contributed by atoms with van der Waals surface area (Å²) in [6.07, 6.45) is 0. The maximum absolute atomic E-state index is 11.5. The van der Waals surface area contributed by atoms with Gasteiger partial charge in [0.25, 0.3) is 0 Å². The van der Waals surface area contributed by atoms with Gasteiger partial charge in [0, 0.05) is 17.6 Å². The molecule has 3 nitrogen and oxygen atoms in total. The zero-order chi connectivity index (χ0) is 9.97. The highest BCUT2D eigenvalue weighted by molar-refractivity contribution is 9.10. The molecule has 1 fully saturated rings. The van der Waals surface area contributed by atoms with Gasteiger partial charge in [-0.25, -0.2) is 0 Å². The summed E-state index contributed by atoms with van der Waals surface area (Å²) in [6.45, 7) is 1.53. The molecule has 1 aliphatic rings. The van der Waals surface area contributed by atoms with E-state index in [1.807, 2.05) is 24.3 Å². The second-order valence-corrected chi connectivity index (χ2v) is 4.15. The molecule has 1 aromatic rings. The Labute approximate surface area is 91.0 Å². The van der Waals surface area contributed by atoms with Crippen molar-refractivity contribution < 1.29 is 4.79 Å². The van der Waals surface area contributed by atoms with Crippen LogP contribution in [0.25, 0.3) is 0 Å². The number of halogens is 1. The molecule has 74 valence electrons. The number of benzene rings is 1. The lowest BCUT2D eigenvalue weighted by atomic mass is 10.1. The zero-order valence-corrected chi connectivity index (χ0v) is 9.17. The van der Waals surface area contributed by atoms with Gasteiger partial charge in [-0.2, -0.15) is 0 Å². The zero-order valence-electron chi connectivity index (χ0n) is 7.59. The fraction of sp³-hybridized carbons (Fsp3) is 0.300. The molecule has 0 saturated carbocycles. The molecule has 0 bridgehead atoms. The molecule has 1 heterocycles. The van der Waals surface area contributed by atoms with E-state index in [4.69, 9.17) is 0 Å². The molecular formula is C10H11BrN2O. The van der Waals surface area contributed by atoms with Crippen LogP contribution in [0.5, 0.6) is 0 Å². The van der Waals surface area contributed by atoms with Crippen molar-refractivity contribution in [2.45, 2.75) is 6.04 Å². The Kier molecular flexibility index (Phi) is 2.84. The van der Waals surface area contributed by atoms with Crippen LogP contribution in [0.2, 0.25) is 0 Å². The van der Waals surface area contributed by atoms with E-state index in [-0.39, 0.29) is 11.9 Å². The second-order valence-electron chi connectivity index (χ2n) is 3.23. The van der Waals surface area contributed by atoms with Gasteiger partial charge in [-0.1, -0.05) is 28.1 Å². The number of hydrogen-bond acceptors (Lipinski definition) is 2. The van der Waals surface area contributed by atoms with E-state index in [0.29, 0.717) is 6.54 Å². The molecule has 0 aromatic heterocycles. The third-order valence-electron chi connectivity index (χ3n) is 2.22. The highest BCUT2D eigenvalue weighted by atomic mass is 79.9. The van der Waals surface area contributed by atoms with Crippen molar-refractivity contribution in [2.24, 2.45) is 0 Å². The molecular weight excluding hydrogens is 244 g/mol. The van der Waals surface area contributed by atoms with Crippen LogP contribution in [0.15, 0.2) is 28.7 Å². The number of carbonyl (C=O) groups is 1. The van der Waals surface area contributed by atoms with Crippen LogP contribution < -0.4 is 10.6 Å². The molecule has 1 aliphatic heterocycles. The molecule has 0 aliphatic carbocycles. The average molecular weight is 255 g/mol. The first-order chi connectivity index (χ1) is 6.77.